The number of hydrogen-bond donors (Lipinski definition) is 0. The van der Waals surface area contributed by atoms with Crippen molar-refractivity contribution in [2.75, 3.05) is 47.0 Å². The van der Waals surface area contributed by atoms with Gasteiger partial charge in [0.05, 0.1) is 20.8 Å². The van der Waals surface area contributed by atoms with Crippen LogP contribution in [0.25, 0.3) is 0 Å². The number of aryl methyl sites for hydroxylation is 1. The second kappa shape index (κ2) is 11.4. The van der Waals surface area contributed by atoms with Gasteiger partial charge in [0, 0.05) is 38.2 Å². The predicted molar refractivity (Wildman–Crippen MR) is 123 cm³/mol. The first-order valence-corrected chi connectivity index (χ1v) is 11.1. The van der Waals surface area contributed by atoms with Gasteiger partial charge in [0.25, 0.3) is 5.91 Å². The van der Waals surface area contributed by atoms with Crippen LogP contribution in [0, 0.1) is 0 Å². The van der Waals surface area contributed by atoms with Crippen LogP contribution < -0.4 is 14.2 Å². The van der Waals surface area contributed by atoms with E-state index in [1.807, 2.05) is 47.1 Å². The second-order valence-corrected chi connectivity index (χ2v) is 7.67. The van der Waals surface area contributed by atoms with E-state index in [0.717, 1.165) is 17.7 Å². The number of methoxy groups -OCH3 is 2. The summed E-state index contributed by atoms with van der Waals surface area (Å²) in [5.74, 6) is 2.19. The molecule has 0 radical (unpaired) electrons. The fourth-order valence-electron chi connectivity index (χ4n) is 3.86. The van der Waals surface area contributed by atoms with Gasteiger partial charge in [-0.2, -0.15) is 0 Å². The van der Waals surface area contributed by atoms with Crippen LogP contribution >= 0.6 is 0 Å². The Kier molecular flexibility index (Phi) is 8.36. The number of hydrogen-bond acceptors (Lipinski definition) is 5. The fraction of sp³-hybridized carbons (Fsp3) is 0.440. The monoisotopic (exact) mass is 440 g/mol. The number of nitrogens with zero attached hydrogens (tertiary/aromatic N) is 2. The third-order valence-corrected chi connectivity index (χ3v) is 5.62. The summed E-state index contributed by atoms with van der Waals surface area (Å²) in [6.45, 7) is 4.91. The minimum Gasteiger partial charge on any atom is -0.494 e. The van der Waals surface area contributed by atoms with Crippen molar-refractivity contribution in [1.82, 2.24) is 9.80 Å². The lowest BCUT2D eigenvalue weighted by Crippen LogP contribution is -2.37. The molecule has 0 saturated carbocycles. The molecule has 172 valence electrons. The predicted octanol–water partition coefficient (Wildman–Crippen LogP) is 3.41. The summed E-state index contributed by atoms with van der Waals surface area (Å²) < 4.78 is 16.0. The smallest absolute Gasteiger partial charge is 0.253 e. The van der Waals surface area contributed by atoms with Gasteiger partial charge >= 0.3 is 0 Å². The van der Waals surface area contributed by atoms with Crippen molar-refractivity contribution in [3.8, 4) is 17.2 Å². The summed E-state index contributed by atoms with van der Waals surface area (Å²) in [6.07, 6.45) is 1.82. The van der Waals surface area contributed by atoms with Gasteiger partial charge in [0.15, 0.2) is 11.5 Å². The van der Waals surface area contributed by atoms with Crippen LogP contribution in [0.1, 0.15) is 35.7 Å². The van der Waals surface area contributed by atoms with E-state index in [2.05, 4.69) is 0 Å². The summed E-state index contributed by atoms with van der Waals surface area (Å²) in [7, 11) is 3.20. The average Bonchev–Trinajstić information content (AvgIpc) is 3.09. The van der Waals surface area contributed by atoms with Crippen molar-refractivity contribution < 1.29 is 23.8 Å². The lowest BCUT2D eigenvalue weighted by molar-refractivity contribution is -0.131. The first-order valence-electron chi connectivity index (χ1n) is 11.1. The molecule has 7 heteroatoms. The van der Waals surface area contributed by atoms with Crippen molar-refractivity contribution in [2.45, 2.75) is 26.2 Å². The Morgan fingerprint density at radius 3 is 2.25 bits per heavy atom. The summed E-state index contributed by atoms with van der Waals surface area (Å²) in [5, 5.41) is 0. The Morgan fingerprint density at radius 1 is 0.875 bits per heavy atom. The topological polar surface area (TPSA) is 68.3 Å². The van der Waals surface area contributed by atoms with Crippen LogP contribution in [0.4, 0.5) is 0 Å². The van der Waals surface area contributed by atoms with E-state index in [9.17, 15) is 9.59 Å². The summed E-state index contributed by atoms with van der Waals surface area (Å²) in [5.41, 5.74) is 1.67. The normalized spacial score (nSPS) is 14.0. The molecule has 0 atom stereocenters. The van der Waals surface area contributed by atoms with Gasteiger partial charge in [-0.25, -0.2) is 0 Å². The van der Waals surface area contributed by atoms with Crippen molar-refractivity contribution in [1.29, 1.82) is 0 Å². The molecule has 0 bridgehead atoms. The van der Waals surface area contributed by atoms with Crippen molar-refractivity contribution >= 4 is 11.8 Å². The highest BCUT2D eigenvalue weighted by Crippen LogP contribution is 2.28. The lowest BCUT2D eigenvalue weighted by atomic mass is 10.1. The van der Waals surface area contributed by atoms with Gasteiger partial charge < -0.3 is 24.0 Å². The van der Waals surface area contributed by atoms with Crippen LogP contribution in [0.5, 0.6) is 17.2 Å². The zero-order valence-electron chi connectivity index (χ0n) is 19.1. The van der Waals surface area contributed by atoms with Gasteiger partial charge in [-0.15, -0.1) is 0 Å². The van der Waals surface area contributed by atoms with Gasteiger partial charge in [0.2, 0.25) is 5.91 Å². The highest BCUT2D eigenvalue weighted by molar-refractivity contribution is 5.94. The summed E-state index contributed by atoms with van der Waals surface area (Å²) >= 11 is 0. The maximum atomic E-state index is 12.9. The highest BCUT2D eigenvalue weighted by Gasteiger charge is 2.23. The molecule has 0 spiro atoms. The fourth-order valence-corrected chi connectivity index (χ4v) is 3.86. The minimum absolute atomic E-state index is 0.00678. The molecule has 0 N–H and O–H groups in total. The van der Waals surface area contributed by atoms with E-state index in [1.165, 1.54) is 0 Å². The van der Waals surface area contributed by atoms with Gasteiger partial charge in [-0.3, -0.25) is 9.59 Å². The van der Waals surface area contributed by atoms with Crippen molar-refractivity contribution in [2.24, 2.45) is 0 Å². The maximum Gasteiger partial charge on any atom is 0.253 e. The van der Waals surface area contributed by atoms with Crippen LogP contribution in [0.15, 0.2) is 42.5 Å². The van der Waals surface area contributed by atoms with Crippen molar-refractivity contribution in [3.63, 3.8) is 0 Å². The molecule has 0 aromatic heterocycles. The summed E-state index contributed by atoms with van der Waals surface area (Å²) in [6, 6.07) is 12.9. The Morgan fingerprint density at radius 2 is 1.56 bits per heavy atom. The van der Waals surface area contributed by atoms with E-state index in [0.29, 0.717) is 62.7 Å². The van der Waals surface area contributed by atoms with Gasteiger partial charge in [-0.05, 0) is 61.7 Å². The Balaban J connectivity index is 1.53. The third-order valence-electron chi connectivity index (χ3n) is 5.62. The number of carbonyl (C=O) groups is 2. The molecule has 1 saturated heterocycles. The number of carbonyl (C=O) groups excluding carboxylic acids is 2. The molecular weight excluding hydrogens is 408 g/mol. The number of rotatable bonds is 8. The molecule has 0 unspecified atom stereocenters. The Hall–Kier alpha value is -3.22. The molecule has 0 aliphatic carbocycles. The SMILES string of the molecule is CCOc1ccc(C(=O)N2CCCN(C(=O)CCc3ccc(OC)c(OC)c3)CC2)cc1. The standard InChI is InChI=1S/C25H32N2O5/c1-4-32-21-10-8-20(9-11-21)25(29)27-15-5-14-26(16-17-27)24(28)13-7-19-6-12-22(30-2)23(18-19)31-3/h6,8-12,18H,4-5,7,13-17H2,1-3H3. The molecule has 2 aromatic rings. The molecule has 2 amide bonds. The lowest BCUT2D eigenvalue weighted by Gasteiger charge is -2.22. The van der Waals surface area contributed by atoms with Crippen LogP contribution in [-0.4, -0.2) is 68.6 Å². The molecule has 1 aliphatic heterocycles. The molecule has 3 rings (SSSR count). The second-order valence-electron chi connectivity index (χ2n) is 7.67. The first kappa shape index (κ1) is 23.4. The molecule has 7 nitrogen and oxygen atoms in total. The molecule has 1 aliphatic rings. The number of ether oxygens (including phenoxy) is 3. The Bertz CT molecular complexity index is 913. The first-order chi connectivity index (χ1) is 15.5. The molecule has 32 heavy (non-hydrogen) atoms. The maximum absolute atomic E-state index is 12.9. The van der Waals surface area contributed by atoms with Crippen LogP contribution in [0.3, 0.4) is 0 Å². The summed E-state index contributed by atoms with van der Waals surface area (Å²) in [4.78, 5) is 29.4. The average molecular weight is 441 g/mol. The number of benzene rings is 2. The quantitative estimate of drug-likeness (QED) is 0.629. The van der Waals surface area contributed by atoms with E-state index in [4.69, 9.17) is 14.2 Å². The minimum atomic E-state index is -0.00678. The number of amides is 2. The highest BCUT2D eigenvalue weighted by atomic mass is 16.5. The van der Waals surface area contributed by atoms with E-state index in [-0.39, 0.29) is 11.8 Å². The van der Waals surface area contributed by atoms with Crippen molar-refractivity contribution in [3.05, 3.63) is 53.6 Å². The zero-order valence-corrected chi connectivity index (χ0v) is 19.1. The van der Waals surface area contributed by atoms with E-state index >= 15 is 0 Å². The van der Waals surface area contributed by atoms with E-state index < -0.39 is 0 Å². The van der Waals surface area contributed by atoms with Crippen LogP contribution in [-0.2, 0) is 11.2 Å². The molecular formula is C25H32N2O5. The molecule has 1 fully saturated rings. The largest absolute Gasteiger partial charge is 0.494 e. The third kappa shape index (κ3) is 5.93. The van der Waals surface area contributed by atoms with Gasteiger partial charge in [-0.1, -0.05) is 6.07 Å². The Labute approximate surface area is 189 Å². The zero-order chi connectivity index (χ0) is 22.9. The molecule has 1 heterocycles. The molecule has 2 aromatic carbocycles. The van der Waals surface area contributed by atoms with Gasteiger partial charge in [0.1, 0.15) is 5.75 Å². The van der Waals surface area contributed by atoms with E-state index in [1.54, 1.807) is 26.4 Å². The van der Waals surface area contributed by atoms with Crippen LogP contribution in [0.2, 0.25) is 0 Å².